The van der Waals surface area contributed by atoms with Gasteiger partial charge in [-0.05, 0) is 47.8 Å². The number of rotatable bonds is 6. The van der Waals surface area contributed by atoms with Crippen LogP contribution in [-0.2, 0) is 9.59 Å². The second-order valence-corrected chi connectivity index (χ2v) is 6.75. The van der Waals surface area contributed by atoms with Gasteiger partial charge in [-0.2, -0.15) is 0 Å². The van der Waals surface area contributed by atoms with Gasteiger partial charge in [-0.25, -0.2) is 0 Å². The predicted molar refractivity (Wildman–Crippen MR) is 103 cm³/mol. The Morgan fingerprint density at radius 3 is 2.84 bits per heavy atom. The Hall–Kier alpha value is -1.31. The van der Waals surface area contributed by atoms with E-state index in [1.807, 2.05) is 24.3 Å². The number of benzene rings is 1. The lowest BCUT2D eigenvalue weighted by Gasteiger charge is -2.33. The van der Waals surface area contributed by atoms with Crippen molar-refractivity contribution in [2.24, 2.45) is 11.7 Å². The SMILES string of the molecule is CC(Oc1ccccc1Br)C(=O)N1CCCC(C(=O)NCCN)C1.Cl. The minimum atomic E-state index is -0.602. The second-order valence-electron chi connectivity index (χ2n) is 5.89. The molecule has 0 spiro atoms. The van der Waals surface area contributed by atoms with Gasteiger partial charge in [-0.1, -0.05) is 12.1 Å². The summed E-state index contributed by atoms with van der Waals surface area (Å²) in [6, 6.07) is 7.42. The lowest BCUT2D eigenvalue weighted by atomic mass is 9.96. The van der Waals surface area contributed by atoms with E-state index >= 15 is 0 Å². The minimum absolute atomic E-state index is 0. The van der Waals surface area contributed by atoms with Gasteiger partial charge >= 0.3 is 0 Å². The van der Waals surface area contributed by atoms with E-state index in [0.717, 1.165) is 17.3 Å². The smallest absolute Gasteiger partial charge is 0.263 e. The molecule has 25 heavy (non-hydrogen) atoms. The number of halogens is 2. The fourth-order valence-electron chi connectivity index (χ4n) is 2.77. The highest BCUT2D eigenvalue weighted by atomic mass is 79.9. The summed E-state index contributed by atoms with van der Waals surface area (Å²) < 4.78 is 6.57. The summed E-state index contributed by atoms with van der Waals surface area (Å²) in [6.45, 7) is 3.70. The number of amides is 2. The molecule has 140 valence electrons. The largest absolute Gasteiger partial charge is 0.480 e. The zero-order valence-corrected chi connectivity index (χ0v) is 16.6. The van der Waals surface area contributed by atoms with Crippen molar-refractivity contribution in [2.45, 2.75) is 25.9 Å². The minimum Gasteiger partial charge on any atom is -0.480 e. The van der Waals surface area contributed by atoms with Crippen LogP contribution in [-0.4, -0.2) is 49.0 Å². The van der Waals surface area contributed by atoms with E-state index < -0.39 is 6.10 Å². The van der Waals surface area contributed by atoms with Crippen LogP contribution in [0.3, 0.4) is 0 Å². The lowest BCUT2D eigenvalue weighted by Crippen LogP contribution is -2.49. The monoisotopic (exact) mass is 433 g/mol. The van der Waals surface area contributed by atoms with E-state index in [1.165, 1.54) is 0 Å². The fraction of sp³-hybridized carbons (Fsp3) is 0.529. The standard InChI is InChI=1S/C17H24BrN3O3.ClH/c1-12(24-15-7-3-2-6-14(15)18)17(23)21-10-4-5-13(11-21)16(22)20-9-8-19;/h2-3,6-7,12-13H,4-5,8-11,19H2,1H3,(H,20,22);1H. The van der Waals surface area contributed by atoms with Crippen molar-refractivity contribution < 1.29 is 14.3 Å². The first-order valence-electron chi connectivity index (χ1n) is 8.20. The molecule has 2 amide bonds. The van der Waals surface area contributed by atoms with E-state index in [9.17, 15) is 9.59 Å². The fourth-order valence-corrected chi connectivity index (χ4v) is 3.15. The first-order chi connectivity index (χ1) is 11.5. The molecule has 0 aromatic heterocycles. The Balaban J connectivity index is 0.00000312. The average Bonchev–Trinajstić information content (AvgIpc) is 2.61. The van der Waals surface area contributed by atoms with Gasteiger partial charge in [0.15, 0.2) is 6.10 Å². The van der Waals surface area contributed by atoms with Gasteiger partial charge in [0.05, 0.1) is 10.4 Å². The Labute approximate surface area is 163 Å². The summed E-state index contributed by atoms with van der Waals surface area (Å²) in [5.74, 6) is 0.330. The molecule has 2 atom stereocenters. The van der Waals surface area contributed by atoms with Crippen LogP contribution in [0.4, 0.5) is 0 Å². The molecule has 0 bridgehead atoms. The van der Waals surface area contributed by atoms with Crippen molar-refractivity contribution in [3.8, 4) is 5.75 Å². The predicted octanol–water partition coefficient (Wildman–Crippen LogP) is 1.95. The number of likely N-dealkylation sites (tertiary alicyclic amines) is 1. The van der Waals surface area contributed by atoms with E-state index in [-0.39, 0.29) is 30.1 Å². The number of ether oxygens (including phenoxy) is 1. The normalized spacial score (nSPS) is 18.0. The van der Waals surface area contributed by atoms with Crippen LogP contribution in [0.2, 0.25) is 0 Å². The second kappa shape index (κ2) is 10.6. The Morgan fingerprint density at radius 1 is 1.44 bits per heavy atom. The van der Waals surface area contributed by atoms with Crippen molar-refractivity contribution in [3.05, 3.63) is 28.7 Å². The van der Waals surface area contributed by atoms with E-state index in [4.69, 9.17) is 10.5 Å². The molecule has 1 aromatic carbocycles. The maximum absolute atomic E-state index is 12.6. The molecule has 2 rings (SSSR count). The molecule has 0 saturated carbocycles. The van der Waals surface area contributed by atoms with E-state index in [1.54, 1.807) is 11.8 Å². The van der Waals surface area contributed by atoms with Gasteiger partial charge in [0.1, 0.15) is 5.75 Å². The van der Waals surface area contributed by atoms with Gasteiger partial charge in [0.25, 0.3) is 5.91 Å². The van der Waals surface area contributed by atoms with Crippen molar-refractivity contribution >= 4 is 40.2 Å². The first kappa shape index (κ1) is 21.7. The molecule has 1 fully saturated rings. The van der Waals surface area contributed by atoms with Gasteiger partial charge in [-0.15, -0.1) is 12.4 Å². The van der Waals surface area contributed by atoms with Crippen LogP contribution < -0.4 is 15.8 Å². The summed E-state index contributed by atoms with van der Waals surface area (Å²) in [6.07, 6.45) is 1.00. The number of nitrogens with zero attached hydrogens (tertiary/aromatic N) is 1. The highest BCUT2D eigenvalue weighted by molar-refractivity contribution is 9.10. The number of hydrogen-bond acceptors (Lipinski definition) is 4. The van der Waals surface area contributed by atoms with Crippen LogP contribution in [0.15, 0.2) is 28.7 Å². The lowest BCUT2D eigenvalue weighted by molar-refractivity contribution is -0.141. The Kier molecular flexibility index (Phi) is 9.24. The molecule has 1 heterocycles. The molecule has 1 saturated heterocycles. The Bertz CT molecular complexity index is 588. The summed E-state index contributed by atoms with van der Waals surface area (Å²) in [5, 5.41) is 2.80. The molecular formula is C17H25BrClN3O3. The zero-order valence-electron chi connectivity index (χ0n) is 14.2. The third kappa shape index (κ3) is 6.17. The maximum atomic E-state index is 12.6. The molecule has 1 aliphatic heterocycles. The summed E-state index contributed by atoms with van der Waals surface area (Å²) >= 11 is 3.41. The van der Waals surface area contributed by atoms with Crippen LogP contribution >= 0.6 is 28.3 Å². The molecule has 1 aromatic rings. The number of carbonyl (C=O) groups excluding carboxylic acids is 2. The van der Waals surface area contributed by atoms with Crippen molar-refractivity contribution in [3.63, 3.8) is 0 Å². The van der Waals surface area contributed by atoms with Gasteiger partial charge in [-0.3, -0.25) is 9.59 Å². The van der Waals surface area contributed by atoms with Crippen molar-refractivity contribution in [1.82, 2.24) is 10.2 Å². The summed E-state index contributed by atoms with van der Waals surface area (Å²) in [4.78, 5) is 26.4. The molecule has 0 radical (unpaired) electrons. The number of carbonyl (C=O) groups is 2. The average molecular weight is 435 g/mol. The number of para-hydroxylation sites is 1. The van der Waals surface area contributed by atoms with E-state index in [2.05, 4.69) is 21.2 Å². The first-order valence-corrected chi connectivity index (χ1v) is 9.00. The molecule has 3 N–H and O–H groups in total. The zero-order chi connectivity index (χ0) is 17.5. The van der Waals surface area contributed by atoms with Gasteiger partial charge < -0.3 is 20.7 Å². The summed E-state index contributed by atoms with van der Waals surface area (Å²) in [5.41, 5.74) is 5.41. The third-order valence-electron chi connectivity index (χ3n) is 4.04. The maximum Gasteiger partial charge on any atom is 0.263 e. The van der Waals surface area contributed by atoms with Gasteiger partial charge in [0.2, 0.25) is 5.91 Å². The number of nitrogens with two attached hydrogens (primary N) is 1. The van der Waals surface area contributed by atoms with Crippen LogP contribution in [0.25, 0.3) is 0 Å². The molecular weight excluding hydrogens is 410 g/mol. The molecule has 8 heteroatoms. The topological polar surface area (TPSA) is 84.7 Å². The number of nitrogens with one attached hydrogen (secondary N) is 1. The van der Waals surface area contributed by atoms with Crippen LogP contribution in [0.5, 0.6) is 5.75 Å². The van der Waals surface area contributed by atoms with Crippen LogP contribution in [0.1, 0.15) is 19.8 Å². The van der Waals surface area contributed by atoms with E-state index in [0.29, 0.717) is 31.9 Å². The molecule has 1 aliphatic rings. The molecule has 2 unspecified atom stereocenters. The molecule has 0 aliphatic carbocycles. The highest BCUT2D eigenvalue weighted by Crippen LogP contribution is 2.25. The highest BCUT2D eigenvalue weighted by Gasteiger charge is 2.31. The quantitative estimate of drug-likeness (QED) is 0.717. The van der Waals surface area contributed by atoms with Crippen LogP contribution in [0, 0.1) is 5.92 Å². The van der Waals surface area contributed by atoms with Crippen molar-refractivity contribution in [1.29, 1.82) is 0 Å². The number of hydrogen-bond donors (Lipinski definition) is 2. The third-order valence-corrected chi connectivity index (χ3v) is 4.69. The van der Waals surface area contributed by atoms with Gasteiger partial charge in [0, 0.05) is 26.2 Å². The summed E-state index contributed by atoms with van der Waals surface area (Å²) in [7, 11) is 0. The van der Waals surface area contributed by atoms with Crippen molar-refractivity contribution in [2.75, 3.05) is 26.2 Å². The molecule has 6 nitrogen and oxygen atoms in total. The Morgan fingerprint density at radius 2 is 2.16 bits per heavy atom. The number of piperidine rings is 1.